The quantitative estimate of drug-likeness (QED) is 0.860. The first-order valence-electron chi connectivity index (χ1n) is 5.46. The van der Waals surface area contributed by atoms with Crippen LogP contribution >= 0.6 is 0 Å². The molecule has 0 saturated carbocycles. The highest BCUT2D eigenvalue weighted by atomic mass is 19.1. The molecular formula is C12H13F2NO2. The van der Waals surface area contributed by atoms with E-state index in [9.17, 15) is 13.6 Å². The third kappa shape index (κ3) is 2.87. The molecule has 17 heavy (non-hydrogen) atoms. The maximum atomic E-state index is 13.3. The monoisotopic (exact) mass is 241 g/mol. The summed E-state index contributed by atoms with van der Waals surface area (Å²) in [6.07, 6.45) is -0.882. The van der Waals surface area contributed by atoms with E-state index >= 15 is 0 Å². The third-order valence-electron chi connectivity index (χ3n) is 2.70. The van der Waals surface area contributed by atoms with Crippen LogP contribution in [0, 0.1) is 11.6 Å². The zero-order valence-electron chi connectivity index (χ0n) is 9.21. The second-order valence-electron chi connectivity index (χ2n) is 3.91. The fourth-order valence-corrected chi connectivity index (χ4v) is 1.76. The van der Waals surface area contributed by atoms with Crippen molar-refractivity contribution in [3.63, 3.8) is 0 Å². The molecule has 0 radical (unpaired) electrons. The summed E-state index contributed by atoms with van der Waals surface area (Å²) in [4.78, 5) is 11.8. The Morgan fingerprint density at radius 1 is 1.41 bits per heavy atom. The first-order chi connectivity index (χ1) is 8.18. The Morgan fingerprint density at radius 2 is 2.12 bits per heavy atom. The van der Waals surface area contributed by atoms with Crippen LogP contribution in [0.15, 0.2) is 18.2 Å². The molecule has 1 atom stereocenters. The molecule has 1 aromatic rings. The minimum atomic E-state index is -0.692. The van der Waals surface area contributed by atoms with E-state index in [1.165, 1.54) is 6.07 Å². The van der Waals surface area contributed by atoms with Gasteiger partial charge in [-0.2, -0.15) is 0 Å². The van der Waals surface area contributed by atoms with Crippen molar-refractivity contribution in [2.75, 3.05) is 19.7 Å². The number of ketones is 1. The Kier molecular flexibility index (Phi) is 3.81. The first-order valence-corrected chi connectivity index (χ1v) is 5.46. The molecule has 1 aromatic carbocycles. The molecule has 2 rings (SSSR count). The molecule has 0 bridgehead atoms. The van der Waals surface area contributed by atoms with Gasteiger partial charge in [0.25, 0.3) is 0 Å². The smallest absolute Gasteiger partial charge is 0.167 e. The molecule has 0 amide bonds. The van der Waals surface area contributed by atoms with Gasteiger partial charge < -0.3 is 10.1 Å². The number of halogens is 2. The Morgan fingerprint density at radius 3 is 2.71 bits per heavy atom. The summed E-state index contributed by atoms with van der Waals surface area (Å²) in [5, 5.41) is 3.00. The zero-order chi connectivity index (χ0) is 12.3. The van der Waals surface area contributed by atoms with E-state index in [4.69, 9.17) is 4.74 Å². The van der Waals surface area contributed by atoms with Crippen LogP contribution in [0.1, 0.15) is 5.56 Å². The fraction of sp³-hybridized carbons (Fsp3) is 0.417. The zero-order valence-corrected chi connectivity index (χ0v) is 9.21. The first kappa shape index (κ1) is 12.1. The fourth-order valence-electron chi connectivity index (χ4n) is 1.76. The largest absolute Gasteiger partial charge is 0.368 e. The highest BCUT2D eigenvalue weighted by molar-refractivity contribution is 5.85. The van der Waals surface area contributed by atoms with Crippen molar-refractivity contribution in [1.29, 1.82) is 0 Å². The van der Waals surface area contributed by atoms with Gasteiger partial charge >= 0.3 is 0 Å². The van der Waals surface area contributed by atoms with Crippen LogP contribution < -0.4 is 5.32 Å². The van der Waals surface area contributed by atoms with Gasteiger partial charge in [-0.25, -0.2) is 8.78 Å². The van der Waals surface area contributed by atoms with Gasteiger partial charge in [0.2, 0.25) is 0 Å². The molecule has 1 unspecified atom stereocenters. The Hall–Kier alpha value is -1.33. The Bertz CT molecular complexity index is 397. The van der Waals surface area contributed by atoms with E-state index in [-0.39, 0.29) is 17.8 Å². The average molecular weight is 241 g/mol. The van der Waals surface area contributed by atoms with Gasteiger partial charge in [0, 0.05) is 25.1 Å². The van der Waals surface area contributed by atoms with Crippen LogP contribution in [0.3, 0.4) is 0 Å². The minimum Gasteiger partial charge on any atom is -0.368 e. The SMILES string of the molecule is O=C(Cc1c(F)cccc1F)C1CNCCO1. The van der Waals surface area contributed by atoms with E-state index in [0.717, 1.165) is 12.1 Å². The van der Waals surface area contributed by atoms with Gasteiger partial charge in [-0.1, -0.05) is 6.07 Å². The van der Waals surface area contributed by atoms with Gasteiger partial charge in [-0.3, -0.25) is 4.79 Å². The standard InChI is InChI=1S/C12H13F2NO2/c13-9-2-1-3-10(14)8(9)6-11(16)12-7-15-4-5-17-12/h1-3,12,15H,4-7H2. The van der Waals surface area contributed by atoms with Gasteiger partial charge in [-0.15, -0.1) is 0 Å². The van der Waals surface area contributed by atoms with Crippen LogP contribution in [0.2, 0.25) is 0 Å². The molecule has 1 aliphatic rings. The number of carbonyl (C=O) groups excluding carboxylic acids is 1. The lowest BCUT2D eigenvalue weighted by atomic mass is 10.0. The minimum absolute atomic E-state index is 0.188. The molecule has 5 heteroatoms. The van der Waals surface area contributed by atoms with E-state index in [1.54, 1.807) is 0 Å². The molecule has 3 nitrogen and oxygen atoms in total. The van der Waals surface area contributed by atoms with E-state index in [1.807, 2.05) is 0 Å². The predicted molar refractivity (Wildman–Crippen MR) is 57.7 cm³/mol. The molecule has 0 aromatic heterocycles. The second kappa shape index (κ2) is 5.33. The number of morpholine rings is 1. The lowest BCUT2D eigenvalue weighted by Gasteiger charge is -2.22. The lowest BCUT2D eigenvalue weighted by Crippen LogP contribution is -2.43. The molecule has 92 valence electrons. The summed E-state index contributed by atoms with van der Waals surface area (Å²) in [6, 6.07) is 3.56. The summed E-state index contributed by atoms with van der Waals surface area (Å²) in [7, 11) is 0. The van der Waals surface area contributed by atoms with Gasteiger partial charge in [-0.05, 0) is 12.1 Å². The highest BCUT2D eigenvalue weighted by Crippen LogP contribution is 2.14. The van der Waals surface area contributed by atoms with E-state index < -0.39 is 17.7 Å². The molecule has 0 aliphatic carbocycles. The molecule has 1 N–H and O–H groups in total. The van der Waals surface area contributed by atoms with E-state index in [2.05, 4.69) is 5.32 Å². The maximum absolute atomic E-state index is 13.3. The summed E-state index contributed by atoms with van der Waals surface area (Å²) in [6.45, 7) is 1.53. The normalized spacial score (nSPS) is 20.2. The number of hydrogen-bond acceptors (Lipinski definition) is 3. The molecular weight excluding hydrogens is 228 g/mol. The number of rotatable bonds is 3. The topological polar surface area (TPSA) is 38.3 Å². The number of benzene rings is 1. The predicted octanol–water partition coefficient (Wildman–Crippen LogP) is 1.06. The van der Waals surface area contributed by atoms with Crippen molar-refractivity contribution in [2.24, 2.45) is 0 Å². The van der Waals surface area contributed by atoms with Crippen molar-refractivity contribution < 1.29 is 18.3 Å². The number of Topliss-reactive ketones (excluding diaryl/α,β-unsaturated/α-hetero) is 1. The van der Waals surface area contributed by atoms with E-state index in [0.29, 0.717) is 19.7 Å². The number of carbonyl (C=O) groups is 1. The van der Waals surface area contributed by atoms with Crippen LogP contribution in [-0.2, 0) is 16.0 Å². The van der Waals surface area contributed by atoms with Crippen molar-refractivity contribution >= 4 is 5.78 Å². The molecule has 1 saturated heterocycles. The third-order valence-corrected chi connectivity index (χ3v) is 2.70. The lowest BCUT2D eigenvalue weighted by molar-refractivity contribution is -0.131. The molecule has 1 fully saturated rings. The summed E-state index contributed by atoms with van der Waals surface area (Å²) in [5.41, 5.74) is -0.188. The summed E-state index contributed by atoms with van der Waals surface area (Å²) in [5.74, 6) is -1.69. The van der Waals surface area contributed by atoms with Crippen LogP contribution in [0.4, 0.5) is 8.78 Å². The maximum Gasteiger partial charge on any atom is 0.167 e. The van der Waals surface area contributed by atoms with Crippen LogP contribution in [-0.4, -0.2) is 31.6 Å². The number of nitrogens with one attached hydrogen (secondary N) is 1. The van der Waals surface area contributed by atoms with Gasteiger partial charge in [0.1, 0.15) is 17.7 Å². The molecule has 1 aliphatic heterocycles. The van der Waals surface area contributed by atoms with Gasteiger partial charge in [0.05, 0.1) is 6.61 Å². The molecule has 1 heterocycles. The van der Waals surface area contributed by atoms with Crippen molar-refractivity contribution in [3.8, 4) is 0 Å². The van der Waals surface area contributed by atoms with Crippen molar-refractivity contribution in [2.45, 2.75) is 12.5 Å². The Balaban J connectivity index is 2.07. The van der Waals surface area contributed by atoms with Crippen LogP contribution in [0.25, 0.3) is 0 Å². The Labute approximate surface area is 97.8 Å². The second-order valence-corrected chi connectivity index (χ2v) is 3.91. The van der Waals surface area contributed by atoms with Crippen molar-refractivity contribution in [1.82, 2.24) is 5.32 Å². The average Bonchev–Trinajstić information content (AvgIpc) is 2.35. The number of ether oxygens (including phenoxy) is 1. The summed E-state index contributed by atoms with van der Waals surface area (Å²) < 4.78 is 31.9. The van der Waals surface area contributed by atoms with Gasteiger partial charge in [0.15, 0.2) is 5.78 Å². The van der Waals surface area contributed by atoms with Crippen LogP contribution in [0.5, 0.6) is 0 Å². The molecule has 0 spiro atoms. The highest BCUT2D eigenvalue weighted by Gasteiger charge is 2.23. The number of hydrogen-bond donors (Lipinski definition) is 1. The van der Waals surface area contributed by atoms with Crippen molar-refractivity contribution in [3.05, 3.63) is 35.4 Å². The summed E-state index contributed by atoms with van der Waals surface area (Å²) >= 11 is 0.